The second-order valence-electron chi connectivity index (χ2n) is 6.23. The van der Waals surface area contributed by atoms with Crippen LogP contribution in [0, 0.1) is 0 Å². The van der Waals surface area contributed by atoms with Crippen LogP contribution >= 0.6 is 0 Å². The van der Waals surface area contributed by atoms with Crippen LogP contribution in [0.2, 0.25) is 0 Å². The summed E-state index contributed by atoms with van der Waals surface area (Å²) in [7, 11) is 2.08. The molecule has 1 aliphatic rings. The van der Waals surface area contributed by atoms with E-state index in [9.17, 15) is 0 Å². The number of imidazole rings is 1. The van der Waals surface area contributed by atoms with Crippen molar-refractivity contribution in [3.05, 3.63) is 66.2 Å². The van der Waals surface area contributed by atoms with E-state index in [4.69, 9.17) is 0 Å². The maximum absolute atomic E-state index is 4.57. The molecule has 4 nitrogen and oxygen atoms in total. The molecule has 1 unspecified atom stereocenters. The summed E-state index contributed by atoms with van der Waals surface area (Å²) in [6.07, 6.45) is 3.92. The van der Waals surface area contributed by atoms with Crippen molar-refractivity contribution >= 4 is 10.8 Å². The lowest BCUT2D eigenvalue weighted by molar-refractivity contribution is 0.145. The van der Waals surface area contributed by atoms with Crippen LogP contribution in [-0.2, 0) is 13.6 Å². The van der Waals surface area contributed by atoms with E-state index in [0.717, 1.165) is 32.0 Å². The van der Waals surface area contributed by atoms with Crippen LogP contribution in [0.15, 0.2) is 54.9 Å². The lowest BCUT2D eigenvalue weighted by Gasteiger charge is -2.36. The van der Waals surface area contributed by atoms with Gasteiger partial charge in [0, 0.05) is 45.6 Å². The van der Waals surface area contributed by atoms with E-state index in [1.54, 1.807) is 0 Å². The van der Waals surface area contributed by atoms with E-state index in [-0.39, 0.29) is 0 Å². The molecule has 0 amide bonds. The molecule has 1 N–H and O–H groups in total. The number of hydrogen-bond donors (Lipinski definition) is 1. The number of benzene rings is 2. The minimum absolute atomic E-state index is 0.322. The highest BCUT2D eigenvalue weighted by Gasteiger charge is 2.26. The van der Waals surface area contributed by atoms with Gasteiger partial charge in [-0.1, -0.05) is 42.5 Å². The average molecular weight is 306 g/mol. The topological polar surface area (TPSA) is 33.1 Å². The molecule has 2 aromatic carbocycles. The molecule has 4 rings (SSSR count). The zero-order chi connectivity index (χ0) is 15.6. The molecule has 0 aliphatic carbocycles. The van der Waals surface area contributed by atoms with Crippen LogP contribution < -0.4 is 5.32 Å². The molecule has 0 saturated carbocycles. The molecule has 4 heteroatoms. The molecule has 23 heavy (non-hydrogen) atoms. The van der Waals surface area contributed by atoms with E-state index < -0.39 is 0 Å². The van der Waals surface area contributed by atoms with Gasteiger partial charge in [-0.15, -0.1) is 0 Å². The molecule has 0 radical (unpaired) electrons. The number of aromatic nitrogens is 2. The molecule has 1 fully saturated rings. The summed E-state index contributed by atoms with van der Waals surface area (Å²) in [5.41, 5.74) is 1.39. The van der Waals surface area contributed by atoms with Crippen molar-refractivity contribution in [1.82, 2.24) is 19.8 Å². The van der Waals surface area contributed by atoms with Crippen molar-refractivity contribution in [2.24, 2.45) is 7.05 Å². The Morgan fingerprint density at radius 1 is 1.17 bits per heavy atom. The first kappa shape index (κ1) is 14.4. The molecule has 0 spiro atoms. The molecule has 0 bridgehead atoms. The molecular weight excluding hydrogens is 284 g/mol. The first-order chi connectivity index (χ1) is 11.3. The van der Waals surface area contributed by atoms with Crippen molar-refractivity contribution in [3.8, 4) is 0 Å². The second kappa shape index (κ2) is 6.14. The monoisotopic (exact) mass is 306 g/mol. The number of piperazine rings is 1. The van der Waals surface area contributed by atoms with Crippen LogP contribution in [0.5, 0.6) is 0 Å². The maximum Gasteiger partial charge on any atom is 0.127 e. The van der Waals surface area contributed by atoms with Crippen molar-refractivity contribution in [2.45, 2.75) is 12.6 Å². The van der Waals surface area contributed by atoms with Gasteiger partial charge in [0.1, 0.15) is 5.82 Å². The van der Waals surface area contributed by atoms with Crippen LogP contribution in [-0.4, -0.2) is 34.1 Å². The van der Waals surface area contributed by atoms with Crippen molar-refractivity contribution in [2.75, 3.05) is 19.6 Å². The minimum Gasteiger partial charge on any atom is -0.337 e. The van der Waals surface area contributed by atoms with Crippen molar-refractivity contribution in [1.29, 1.82) is 0 Å². The molecule has 1 saturated heterocycles. The van der Waals surface area contributed by atoms with Gasteiger partial charge in [-0.2, -0.15) is 0 Å². The molecule has 1 aliphatic heterocycles. The molecule has 1 aromatic heterocycles. The second-order valence-corrected chi connectivity index (χ2v) is 6.23. The standard InChI is InChI=1S/C19H22N4/c1-22-11-10-21-19(22)18-13-20-9-12-23(18)14-16-7-4-6-15-5-2-3-8-17(15)16/h2-8,10-11,18,20H,9,12-14H2,1H3. The van der Waals surface area contributed by atoms with Gasteiger partial charge < -0.3 is 9.88 Å². The largest absolute Gasteiger partial charge is 0.337 e. The van der Waals surface area contributed by atoms with Gasteiger partial charge in [0.05, 0.1) is 6.04 Å². The van der Waals surface area contributed by atoms with E-state index in [0.29, 0.717) is 6.04 Å². The van der Waals surface area contributed by atoms with E-state index >= 15 is 0 Å². The summed E-state index contributed by atoms with van der Waals surface area (Å²) >= 11 is 0. The highest BCUT2D eigenvalue weighted by atomic mass is 15.3. The highest BCUT2D eigenvalue weighted by Crippen LogP contribution is 2.26. The van der Waals surface area contributed by atoms with E-state index in [2.05, 4.69) is 69.3 Å². The summed E-state index contributed by atoms with van der Waals surface area (Å²) in [6.45, 7) is 3.99. The summed E-state index contributed by atoms with van der Waals surface area (Å²) in [6, 6.07) is 15.6. The van der Waals surface area contributed by atoms with Gasteiger partial charge in [-0.05, 0) is 16.3 Å². The number of aryl methyl sites for hydroxylation is 1. The van der Waals surface area contributed by atoms with Gasteiger partial charge in [-0.3, -0.25) is 4.90 Å². The fourth-order valence-electron chi connectivity index (χ4n) is 3.54. The van der Waals surface area contributed by atoms with Crippen LogP contribution in [0.25, 0.3) is 10.8 Å². The van der Waals surface area contributed by atoms with Crippen LogP contribution in [0.3, 0.4) is 0 Å². The predicted molar refractivity (Wildman–Crippen MR) is 93.2 cm³/mol. The first-order valence-electron chi connectivity index (χ1n) is 8.21. The Labute approximate surface area is 136 Å². The first-order valence-corrected chi connectivity index (χ1v) is 8.21. The maximum atomic E-state index is 4.57. The Balaban J connectivity index is 1.67. The highest BCUT2D eigenvalue weighted by molar-refractivity contribution is 5.85. The Morgan fingerprint density at radius 3 is 2.91 bits per heavy atom. The van der Waals surface area contributed by atoms with Gasteiger partial charge in [-0.25, -0.2) is 4.98 Å². The Bertz CT molecular complexity index is 802. The summed E-state index contributed by atoms with van der Waals surface area (Å²) in [5, 5.41) is 6.18. The summed E-state index contributed by atoms with van der Waals surface area (Å²) < 4.78 is 2.13. The van der Waals surface area contributed by atoms with E-state index in [1.165, 1.54) is 16.3 Å². The third-order valence-corrected chi connectivity index (χ3v) is 4.76. The number of hydrogen-bond acceptors (Lipinski definition) is 3. The lowest BCUT2D eigenvalue weighted by Crippen LogP contribution is -2.46. The smallest absolute Gasteiger partial charge is 0.127 e. The number of nitrogens with zero attached hydrogens (tertiary/aromatic N) is 3. The van der Waals surface area contributed by atoms with Crippen molar-refractivity contribution < 1.29 is 0 Å². The molecule has 1 atom stereocenters. The molecular formula is C19H22N4. The Morgan fingerprint density at radius 2 is 2.04 bits per heavy atom. The summed E-state index contributed by atoms with van der Waals surface area (Å²) in [5.74, 6) is 1.14. The molecule has 118 valence electrons. The Kier molecular flexibility index (Phi) is 3.85. The quantitative estimate of drug-likeness (QED) is 0.808. The fraction of sp³-hybridized carbons (Fsp3) is 0.316. The van der Waals surface area contributed by atoms with Crippen LogP contribution in [0.1, 0.15) is 17.4 Å². The van der Waals surface area contributed by atoms with Gasteiger partial charge in [0.25, 0.3) is 0 Å². The number of nitrogens with one attached hydrogen (secondary N) is 1. The molecule has 2 heterocycles. The van der Waals surface area contributed by atoms with Gasteiger partial charge in [0.2, 0.25) is 0 Å². The van der Waals surface area contributed by atoms with Crippen molar-refractivity contribution in [3.63, 3.8) is 0 Å². The van der Waals surface area contributed by atoms with Gasteiger partial charge in [0.15, 0.2) is 0 Å². The van der Waals surface area contributed by atoms with Crippen LogP contribution in [0.4, 0.5) is 0 Å². The number of rotatable bonds is 3. The molecule has 3 aromatic rings. The lowest BCUT2D eigenvalue weighted by atomic mass is 10.0. The summed E-state index contributed by atoms with van der Waals surface area (Å²) in [4.78, 5) is 7.12. The third kappa shape index (κ3) is 2.76. The fourth-order valence-corrected chi connectivity index (χ4v) is 3.54. The van der Waals surface area contributed by atoms with Gasteiger partial charge >= 0.3 is 0 Å². The normalized spacial score (nSPS) is 19.3. The Hall–Kier alpha value is -2.17. The zero-order valence-corrected chi connectivity index (χ0v) is 13.4. The van der Waals surface area contributed by atoms with E-state index in [1.807, 2.05) is 12.4 Å². The predicted octanol–water partition coefficient (Wildman–Crippen LogP) is 2.72. The third-order valence-electron chi connectivity index (χ3n) is 4.76. The minimum atomic E-state index is 0.322. The zero-order valence-electron chi connectivity index (χ0n) is 13.4. The SMILES string of the molecule is Cn1ccnc1C1CNCCN1Cc1cccc2ccccc12. The average Bonchev–Trinajstić information content (AvgIpc) is 3.02. The number of fused-ring (bicyclic) bond motifs is 1.